The van der Waals surface area contributed by atoms with E-state index in [0.29, 0.717) is 12.8 Å². The van der Waals surface area contributed by atoms with Crippen LogP contribution in [-0.4, -0.2) is 85.5 Å². The van der Waals surface area contributed by atoms with Gasteiger partial charge in [-0.15, -0.1) is 0 Å². The van der Waals surface area contributed by atoms with E-state index in [1.165, 1.54) is 29.5 Å². The smallest absolute Gasteiger partial charge is 0.329 e. The third-order valence-corrected chi connectivity index (χ3v) is 12.2. The molecule has 1 aromatic heterocycles. The van der Waals surface area contributed by atoms with Gasteiger partial charge in [-0.2, -0.15) is 0 Å². The molecular weight excluding hydrogens is 703 g/mol. The fraction of sp³-hybridized carbons (Fsp3) is 0.487. The van der Waals surface area contributed by atoms with Crippen LogP contribution in [0.1, 0.15) is 71.4 Å². The summed E-state index contributed by atoms with van der Waals surface area (Å²) in [6.45, 7) is 9.24. The van der Waals surface area contributed by atoms with Crippen molar-refractivity contribution in [1.82, 2.24) is 15.2 Å². The monoisotopic (exact) mass is 751 g/mol. The molecule has 3 aromatic rings. The van der Waals surface area contributed by atoms with Gasteiger partial charge in [-0.3, -0.25) is 19.2 Å². The average Bonchev–Trinajstić information content (AvgIpc) is 3.74. The Hall–Kier alpha value is -4.10. The molecule has 1 aliphatic heterocycles. The Balaban J connectivity index is 1.54. The number of nitrogens with one attached hydrogen (secondary N) is 2. The highest BCUT2D eigenvalue weighted by molar-refractivity contribution is 8.77. The number of para-hydroxylation sites is 1. The van der Waals surface area contributed by atoms with Gasteiger partial charge < -0.3 is 29.8 Å². The zero-order valence-electron chi connectivity index (χ0n) is 30.4. The van der Waals surface area contributed by atoms with E-state index in [1.807, 2.05) is 57.3 Å². The molecule has 0 aliphatic carbocycles. The molecule has 1 fully saturated rings. The number of ketones is 2. The molecule has 0 spiro atoms. The van der Waals surface area contributed by atoms with E-state index in [0.717, 1.165) is 22.0 Å². The molecule has 4 rings (SSSR count). The van der Waals surface area contributed by atoms with Crippen molar-refractivity contribution >= 4 is 67.8 Å². The molecule has 2 amide bonds. The Morgan fingerprint density at radius 1 is 1.00 bits per heavy atom. The minimum atomic E-state index is -1.24. The van der Waals surface area contributed by atoms with Crippen LogP contribution in [0.3, 0.4) is 0 Å². The lowest BCUT2D eigenvalue weighted by Crippen LogP contribution is -2.54. The molecule has 0 radical (unpaired) electrons. The van der Waals surface area contributed by atoms with Gasteiger partial charge in [0.15, 0.2) is 11.9 Å². The number of hydrogen-bond acceptors (Lipinski definition) is 9. The minimum Gasteiger partial charge on any atom is -0.481 e. The summed E-state index contributed by atoms with van der Waals surface area (Å²) in [5.41, 5.74) is 2.54. The third kappa shape index (κ3) is 11.7. The predicted octanol–water partition coefficient (Wildman–Crippen LogP) is 5.80. The molecule has 280 valence electrons. The van der Waals surface area contributed by atoms with E-state index in [1.54, 1.807) is 35.1 Å². The van der Waals surface area contributed by atoms with Crippen LogP contribution in [0, 0.1) is 11.8 Å². The maximum atomic E-state index is 14.3. The average molecular weight is 752 g/mol. The number of ether oxygens (including phenoxy) is 1. The molecule has 5 atom stereocenters. The fourth-order valence-corrected chi connectivity index (χ4v) is 8.63. The lowest BCUT2D eigenvalue weighted by atomic mass is 9.93. The number of benzene rings is 2. The summed E-state index contributed by atoms with van der Waals surface area (Å²) in [6, 6.07) is 14.7. The van der Waals surface area contributed by atoms with Crippen LogP contribution in [-0.2, 0) is 46.3 Å². The molecule has 0 bridgehead atoms. The van der Waals surface area contributed by atoms with Crippen LogP contribution in [0.15, 0.2) is 60.8 Å². The number of likely N-dealkylation sites (tertiary alicyclic amines) is 1. The Kier molecular flexibility index (Phi) is 14.5. The van der Waals surface area contributed by atoms with Crippen molar-refractivity contribution in [3.63, 3.8) is 0 Å². The number of H-pyrrole nitrogens is 1. The number of amides is 2. The van der Waals surface area contributed by atoms with E-state index >= 15 is 0 Å². The van der Waals surface area contributed by atoms with Gasteiger partial charge >= 0.3 is 11.9 Å². The first-order valence-corrected chi connectivity index (χ1v) is 19.9. The van der Waals surface area contributed by atoms with Crippen molar-refractivity contribution in [1.29, 1.82) is 0 Å². The Morgan fingerprint density at radius 3 is 2.37 bits per heavy atom. The summed E-state index contributed by atoms with van der Waals surface area (Å²) in [7, 11) is 3.00. The number of aromatic amines is 1. The SMILES string of the molecule is CC(=O)C[C@@H](Cc1c[nH]c2ccccc12)C(=O)N[C@@H](CSSC(C)(C)C)C(=O)N1CCC[C@H]1C(=O)O[C@@H](Cc1ccccc1)C(=O)C[C@@H](C)C(=O)O. The van der Waals surface area contributed by atoms with Crippen molar-refractivity contribution in [2.24, 2.45) is 11.8 Å². The summed E-state index contributed by atoms with van der Waals surface area (Å²) in [4.78, 5) is 83.8. The van der Waals surface area contributed by atoms with Gasteiger partial charge in [-0.25, -0.2) is 4.79 Å². The molecular formula is C39H49N3O8S2. The van der Waals surface area contributed by atoms with Crippen LogP contribution in [0.4, 0.5) is 0 Å². The first kappa shape index (κ1) is 40.7. The number of hydrogen-bond donors (Lipinski definition) is 3. The molecule has 13 heteroatoms. The van der Waals surface area contributed by atoms with Crippen molar-refractivity contribution in [3.8, 4) is 0 Å². The molecule has 3 N–H and O–H groups in total. The lowest BCUT2D eigenvalue weighted by molar-refractivity contribution is -0.162. The standard InChI is InChI=1S/C39H49N3O8S2/c1-24(37(47)48)18-33(44)34(20-26-12-7-6-8-13-26)50-38(49)32-16-11-17-42(32)36(46)31(23-51-52-39(3,4)5)41-35(45)27(19-25(2)43)21-28-22-40-30-15-10-9-14-29(28)30/h6-10,12-15,22,24,27,31-32,34,40H,11,16-21,23H2,1-5H3,(H,41,45)(H,47,48)/t24-,27+,31+,32+,34+/m1/s1. The highest BCUT2D eigenvalue weighted by Gasteiger charge is 2.41. The largest absolute Gasteiger partial charge is 0.481 e. The highest BCUT2D eigenvalue weighted by atomic mass is 33.1. The number of nitrogens with zero attached hydrogens (tertiary/aromatic N) is 1. The van der Waals surface area contributed by atoms with Crippen LogP contribution in [0.2, 0.25) is 0 Å². The van der Waals surface area contributed by atoms with Crippen LogP contribution < -0.4 is 5.32 Å². The Labute approximate surface area is 312 Å². The lowest BCUT2D eigenvalue weighted by Gasteiger charge is -2.30. The molecule has 11 nitrogen and oxygen atoms in total. The van der Waals surface area contributed by atoms with Gasteiger partial charge in [0.05, 0.1) is 5.92 Å². The van der Waals surface area contributed by atoms with Crippen molar-refractivity contribution in [2.75, 3.05) is 12.3 Å². The normalized spacial score (nSPS) is 16.9. The van der Waals surface area contributed by atoms with Crippen molar-refractivity contribution in [3.05, 3.63) is 71.9 Å². The topological polar surface area (TPSA) is 163 Å². The number of carbonyl (C=O) groups is 6. The summed E-state index contributed by atoms with van der Waals surface area (Å²) in [5.74, 6) is -4.92. The molecule has 2 heterocycles. The van der Waals surface area contributed by atoms with E-state index in [-0.39, 0.29) is 48.5 Å². The number of aliphatic carboxylic acids is 1. The Bertz CT molecular complexity index is 1740. The fourth-order valence-electron chi connectivity index (χ4n) is 6.18. The maximum absolute atomic E-state index is 14.3. The second-order valence-electron chi connectivity index (χ2n) is 14.4. The molecule has 1 saturated heterocycles. The van der Waals surface area contributed by atoms with Crippen molar-refractivity contribution in [2.45, 2.75) is 96.1 Å². The van der Waals surface area contributed by atoms with E-state index < -0.39 is 59.6 Å². The van der Waals surface area contributed by atoms with Crippen molar-refractivity contribution < 1.29 is 38.6 Å². The summed E-state index contributed by atoms with van der Waals surface area (Å²) < 4.78 is 5.68. The van der Waals surface area contributed by atoms with Gasteiger partial charge in [-0.1, -0.05) is 97.8 Å². The van der Waals surface area contributed by atoms with Crippen LogP contribution in [0.25, 0.3) is 10.9 Å². The minimum absolute atomic E-state index is 0.00781. The molecule has 0 saturated carbocycles. The highest BCUT2D eigenvalue weighted by Crippen LogP contribution is 2.36. The molecule has 0 unspecified atom stereocenters. The number of carbonyl (C=O) groups excluding carboxylic acids is 5. The van der Waals surface area contributed by atoms with E-state index in [4.69, 9.17) is 4.74 Å². The second-order valence-corrected chi connectivity index (χ2v) is 17.6. The summed E-state index contributed by atoms with van der Waals surface area (Å²) in [6.07, 6.45) is 1.44. The first-order chi connectivity index (χ1) is 24.6. The number of carboxylic acid groups (broad SMARTS) is 1. The van der Waals surface area contributed by atoms with Gasteiger partial charge in [0.2, 0.25) is 11.8 Å². The maximum Gasteiger partial charge on any atom is 0.329 e. The Morgan fingerprint density at radius 2 is 1.69 bits per heavy atom. The van der Waals surface area contributed by atoms with Crippen LogP contribution >= 0.6 is 21.6 Å². The molecule has 1 aliphatic rings. The summed E-state index contributed by atoms with van der Waals surface area (Å²) in [5, 5.41) is 13.3. The molecule has 2 aromatic carbocycles. The predicted molar refractivity (Wildman–Crippen MR) is 204 cm³/mol. The molecule has 52 heavy (non-hydrogen) atoms. The van der Waals surface area contributed by atoms with Gasteiger partial charge in [0.1, 0.15) is 17.9 Å². The van der Waals surface area contributed by atoms with Gasteiger partial charge in [-0.05, 0) is 43.4 Å². The zero-order chi connectivity index (χ0) is 38.0. The number of aromatic nitrogens is 1. The quantitative estimate of drug-likeness (QED) is 0.107. The second kappa shape index (κ2) is 18.6. The van der Waals surface area contributed by atoms with Gasteiger partial charge in [0.25, 0.3) is 0 Å². The van der Waals surface area contributed by atoms with Crippen LogP contribution in [0.5, 0.6) is 0 Å². The number of Topliss-reactive ketones (excluding diaryl/α,β-unsaturated/α-hetero) is 2. The number of fused-ring (bicyclic) bond motifs is 1. The summed E-state index contributed by atoms with van der Waals surface area (Å²) >= 11 is 0. The zero-order valence-corrected chi connectivity index (χ0v) is 32.0. The van der Waals surface area contributed by atoms with Gasteiger partial charge in [0, 0.05) is 59.3 Å². The van der Waals surface area contributed by atoms with E-state index in [2.05, 4.69) is 10.3 Å². The first-order valence-electron chi connectivity index (χ1n) is 17.6. The number of carboxylic acids is 1. The van der Waals surface area contributed by atoms with E-state index in [9.17, 15) is 33.9 Å². The number of esters is 1. The number of rotatable bonds is 18. The third-order valence-electron chi connectivity index (χ3n) is 8.82.